The molecule has 0 N–H and O–H groups in total. The van der Waals surface area contributed by atoms with Crippen LogP contribution in [0.2, 0.25) is 0 Å². The second-order valence-corrected chi connectivity index (χ2v) is 18.4. The first-order valence-electron chi connectivity index (χ1n) is 7.02. The maximum absolute atomic E-state index is 11.4. The molecule has 0 bridgehead atoms. The maximum atomic E-state index is 11.4. The van der Waals surface area contributed by atoms with Gasteiger partial charge in [0.2, 0.25) is 0 Å². The molecule has 0 radical (unpaired) electrons. The molecule has 136 valence electrons. The maximum Gasteiger partial charge on any atom is 2.00 e. The van der Waals surface area contributed by atoms with Crippen molar-refractivity contribution in [2.75, 3.05) is 0 Å². The van der Waals surface area contributed by atoms with E-state index in [-0.39, 0.29) is 50.4 Å². The van der Waals surface area contributed by atoms with Gasteiger partial charge in [0.25, 0.3) is 0 Å². The van der Waals surface area contributed by atoms with Gasteiger partial charge < -0.3 is 18.8 Å². The quantitative estimate of drug-likeness (QED) is 0.293. The predicted molar refractivity (Wildman–Crippen MR) is 106 cm³/mol. The zero-order chi connectivity index (χ0) is 18.1. The minimum absolute atomic E-state index is 0. The molecule has 0 saturated heterocycles. The van der Waals surface area contributed by atoms with Gasteiger partial charge in [-0.3, -0.25) is 0 Å². The molecule has 23 heavy (non-hydrogen) atoms. The van der Waals surface area contributed by atoms with E-state index in [1.807, 2.05) is 55.4 Å². The van der Waals surface area contributed by atoms with E-state index in [0.29, 0.717) is 0 Å². The van der Waals surface area contributed by atoms with Crippen molar-refractivity contribution in [3.05, 3.63) is 0 Å². The van der Waals surface area contributed by atoms with Gasteiger partial charge >= 0.3 is 27.7 Å². The van der Waals surface area contributed by atoms with E-state index in [1.165, 1.54) is 22.8 Å². The second-order valence-electron chi connectivity index (χ2n) is 5.51. The Morgan fingerprint density at radius 3 is 1.04 bits per heavy atom. The molecule has 0 aromatic carbocycles. The Morgan fingerprint density at radius 2 is 0.913 bits per heavy atom. The van der Waals surface area contributed by atoms with Gasteiger partial charge in [-0.05, 0) is 27.7 Å². The minimum atomic E-state index is -2.80. The molecule has 0 rings (SSSR count). The molecule has 0 aliphatic rings. The fourth-order valence-corrected chi connectivity index (χ4v) is 11.8. The van der Waals surface area contributed by atoms with Gasteiger partial charge in [0.15, 0.2) is 0 Å². The van der Waals surface area contributed by atoms with Crippen molar-refractivity contribution in [2.45, 2.75) is 78.1 Å². The zero-order valence-corrected chi connectivity index (χ0v) is 25.7. The molecule has 0 heterocycles. The number of rotatable bonds is 8. The zero-order valence-electron chi connectivity index (χ0n) is 15.2. The molecule has 11 heteroatoms. The van der Waals surface area contributed by atoms with Gasteiger partial charge in [0.1, 0.15) is 0 Å². The molecule has 0 aromatic rings. The van der Waals surface area contributed by atoms with Crippen molar-refractivity contribution in [1.29, 1.82) is 0 Å². The van der Waals surface area contributed by atoms with E-state index in [0.717, 1.165) is 0 Å². The van der Waals surface area contributed by atoms with Crippen molar-refractivity contribution >= 4 is 57.8 Å². The Kier molecular flexibility index (Phi) is 19.6. The minimum Gasteiger partial charge on any atom is -0.793 e. The standard InChI is InChI=1S/2C6H15O2PS2.Hg/c2*1-5(2)8-9(7,10)11-6(3)4;/h2*5-6H,1-4H3,(H,7,10);/q;;+2/p-2. The van der Waals surface area contributed by atoms with Crippen molar-refractivity contribution in [1.82, 2.24) is 0 Å². The topological polar surface area (TPSA) is 64.6 Å². The number of hydrogen-bond donors (Lipinski definition) is 0. The molecule has 2 unspecified atom stereocenters. The fraction of sp³-hybridized carbons (Fsp3) is 1.00. The normalized spacial score (nSPS) is 16.6. The Labute approximate surface area is 181 Å². The average molecular weight is 627 g/mol. The van der Waals surface area contributed by atoms with E-state index in [4.69, 9.17) is 32.7 Å². The van der Waals surface area contributed by atoms with Gasteiger partial charge in [-0.1, -0.05) is 51.3 Å². The third-order valence-electron chi connectivity index (χ3n) is 1.36. The smallest absolute Gasteiger partial charge is 0.793 e. The van der Waals surface area contributed by atoms with E-state index in [9.17, 15) is 9.79 Å². The summed E-state index contributed by atoms with van der Waals surface area (Å²) in [7, 11) is 0. The summed E-state index contributed by atoms with van der Waals surface area (Å²) in [5.41, 5.74) is -5.61. The van der Waals surface area contributed by atoms with Crippen LogP contribution in [-0.4, -0.2) is 22.7 Å². The molecule has 0 aromatic heterocycles. The van der Waals surface area contributed by atoms with Crippen LogP contribution < -0.4 is 9.79 Å². The van der Waals surface area contributed by atoms with Gasteiger partial charge in [-0.2, -0.15) is 0 Å². The van der Waals surface area contributed by atoms with E-state index >= 15 is 0 Å². The van der Waals surface area contributed by atoms with Gasteiger partial charge in [-0.25, -0.2) is 0 Å². The summed E-state index contributed by atoms with van der Waals surface area (Å²) in [6, 6.07) is 0. The molecule has 4 nitrogen and oxygen atoms in total. The number of hydrogen-bond acceptors (Lipinski definition) is 8. The van der Waals surface area contributed by atoms with Crippen LogP contribution in [0.4, 0.5) is 0 Å². The van der Waals surface area contributed by atoms with Crippen LogP contribution in [0.25, 0.3) is 0 Å². The average Bonchev–Trinajstić information content (AvgIpc) is 2.06. The molecule has 0 spiro atoms. The summed E-state index contributed by atoms with van der Waals surface area (Å²) in [5, 5.41) is 0.522. The van der Waals surface area contributed by atoms with Gasteiger partial charge in [-0.15, -0.1) is 22.8 Å². The van der Waals surface area contributed by atoms with Crippen LogP contribution in [0.5, 0.6) is 0 Å². The Bertz CT molecular complexity index is 331. The van der Waals surface area contributed by atoms with Crippen LogP contribution in [0.3, 0.4) is 0 Å². The van der Waals surface area contributed by atoms with Crippen molar-refractivity contribution in [2.24, 2.45) is 0 Å². The van der Waals surface area contributed by atoms with Crippen LogP contribution >= 0.6 is 34.2 Å². The Morgan fingerprint density at radius 1 is 0.696 bits per heavy atom. The van der Waals surface area contributed by atoms with Crippen molar-refractivity contribution in [3.63, 3.8) is 0 Å². The second kappa shape index (κ2) is 14.8. The molecule has 0 saturated carbocycles. The van der Waals surface area contributed by atoms with Gasteiger partial charge in [0.05, 0.1) is 12.2 Å². The van der Waals surface area contributed by atoms with Gasteiger partial charge in [0, 0.05) is 21.9 Å². The first-order valence-corrected chi connectivity index (χ1v) is 15.3. The van der Waals surface area contributed by atoms with Crippen LogP contribution in [0, 0.1) is 0 Å². The molecular formula is C12H28HgO4P2S4. The van der Waals surface area contributed by atoms with E-state index in [1.54, 1.807) is 0 Å². The van der Waals surface area contributed by atoms with E-state index < -0.39 is 11.4 Å². The third kappa shape index (κ3) is 24.8. The molecule has 0 amide bonds. The molecule has 0 fully saturated rings. The molecular weight excluding hydrogens is 599 g/mol. The monoisotopic (exact) mass is 628 g/mol. The van der Waals surface area contributed by atoms with Crippen molar-refractivity contribution in [3.8, 4) is 0 Å². The predicted octanol–water partition coefficient (Wildman–Crippen LogP) is 4.27. The molecule has 2 atom stereocenters. The van der Waals surface area contributed by atoms with Crippen LogP contribution in [-0.2, 0) is 60.3 Å². The summed E-state index contributed by atoms with van der Waals surface area (Å²) in [4.78, 5) is 22.8. The molecule has 0 aliphatic heterocycles. The Balaban J connectivity index is -0.000000333. The fourth-order valence-electron chi connectivity index (χ4n) is 1.08. The SMILES string of the molecule is CC(C)OP([O-])(=S)SC(C)C.CC(C)OP([O-])(=S)SC(C)C.[Hg+2]. The summed E-state index contributed by atoms with van der Waals surface area (Å²) >= 11 is 12.1. The van der Waals surface area contributed by atoms with E-state index in [2.05, 4.69) is 0 Å². The summed E-state index contributed by atoms with van der Waals surface area (Å²) in [6.45, 7) is 15.1. The summed E-state index contributed by atoms with van der Waals surface area (Å²) < 4.78 is 10.2. The van der Waals surface area contributed by atoms with Crippen LogP contribution in [0.1, 0.15) is 55.4 Å². The van der Waals surface area contributed by atoms with Crippen molar-refractivity contribution < 1.29 is 46.5 Å². The Hall–Kier alpha value is 2.78. The van der Waals surface area contributed by atoms with Crippen LogP contribution in [0.15, 0.2) is 0 Å². The molecule has 0 aliphatic carbocycles. The summed E-state index contributed by atoms with van der Waals surface area (Å²) in [6.07, 6.45) is -0.103. The first-order chi connectivity index (χ1) is 9.67. The largest absolute Gasteiger partial charge is 2.00 e. The summed E-state index contributed by atoms with van der Waals surface area (Å²) in [5.74, 6) is 0. The third-order valence-corrected chi connectivity index (χ3v) is 10.7. The first kappa shape index (κ1) is 30.5.